The van der Waals surface area contributed by atoms with E-state index in [1.54, 1.807) is 37.0 Å². The van der Waals surface area contributed by atoms with Crippen LogP contribution in [-0.2, 0) is 35.5 Å². The number of thiazole rings is 2. The Labute approximate surface area is 297 Å². The van der Waals surface area contributed by atoms with Crippen LogP contribution in [0.1, 0.15) is 66.2 Å². The lowest BCUT2D eigenvalue weighted by atomic mass is 9.95. The molecule has 2 heterocycles. The Morgan fingerprint density at radius 1 is 0.918 bits per heavy atom. The second kappa shape index (κ2) is 18.8. The van der Waals surface area contributed by atoms with Crippen LogP contribution in [0.2, 0.25) is 0 Å². The number of aromatic nitrogens is 2. The van der Waals surface area contributed by atoms with Crippen LogP contribution >= 0.6 is 22.7 Å². The van der Waals surface area contributed by atoms with Crippen LogP contribution in [0, 0.1) is 0 Å². The lowest BCUT2D eigenvalue weighted by Gasteiger charge is -2.30. The van der Waals surface area contributed by atoms with Crippen LogP contribution in [0.3, 0.4) is 0 Å². The summed E-state index contributed by atoms with van der Waals surface area (Å²) < 4.78 is 5.48. The molecule has 12 heteroatoms. The summed E-state index contributed by atoms with van der Waals surface area (Å²) in [6.45, 7) is 10.4. The fraction of sp³-hybridized carbons (Fsp3) is 0.378. The zero-order chi connectivity index (χ0) is 35.2. The molecule has 260 valence electrons. The maximum absolute atomic E-state index is 13.9. The molecule has 0 fully saturated rings. The van der Waals surface area contributed by atoms with Gasteiger partial charge < -0.3 is 25.6 Å². The van der Waals surface area contributed by atoms with Crippen LogP contribution in [-0.4, -0.2) is 58.1 Å². The standard InChI is InChI=1S/C37H46N6O4S2/c1-25(2)33(43(5)36(45)39-20-31-23-48-35(41-31)26(3)4)34(44)40-29(18-27-12-8-6-9-13-27)16-17-30(19-28-14-10-7-11-15-28)42-37(46)47-22-32-21-38-24-49-32/h6-15,21,23-24,26,29-30,33H,1,16-20,22H2,2-5H3,(H,39,45)(H,40,44)(H,42,46)/t29-,30-,33+/m1/s1. The molecular weight excluding hydrogens is 657 g/mol. The molecular formula is C37H46N6O4S2. The fourth-order valence-corrected chi connectivity index (χ4v) is 6.74. The van der Waals surface area contributed by atoms with Crippen molar-refractivity contribution < 1.29 is 19.1 Å². The fourth-order valence-electron chi connectivity index (χ4n) is 5.40. The van der Waals surface area contributed by atoms with Crippen LogP contribution in [0.15, 0.2) is 89.9 Å². The Morgan fingerprint density at radius 3 is 2.06 bits per heavy atom. The molecule has 0 saturated heterocycles. The van der Waals surface area contributed by atoms with E-state index in [0.29, 0.717) is 37.2 Å². The zero-order valence-electron chi connectivity index (χ0n) is 28.6. The van der Waals surface area contributed by atoms with E-state index in [4.69, 9.17) is 4.74 Å². The van der Waals surface area contributed by atoms with Gasteiger partial charge in [0.2, 0.25) is 5.91 Å². The second-order valence-electron chi connectivity index (χ2n) is 12.4. The average molecular weight is 703 g/mol. The van der Waals surface area contributed by atoms with Gasteiger partial charge in [-0.25, -0.2) is 14.6 Å². The maximum Gasteiger partial charge on any atom is 0.407 e. The van der Waals surface area contributed by atoms with Crippen molar-refractivity contribution in [2.75, 3.05) is 7.05 Å². The topological polar surface area (TPSA) is 126 Å². The SMILES string of the molecule is C=C(C)[C@@H](C(=O)N[C@H](CC[C@H](Cc1ccccc1)NC(=O)OCc1cncs1)Cc1ccccc1)N(C)C(=O)NCc1csc(C(C)C)n1. The first-order valence-electron chi connectivity index (χ1n) is 16.4. The van der Waals surface area contributed by atoms with E-state index < -0.39 is 18.2 Å². The minimum atomic E-state index is -0.889. The van der Waals surface area contributed by atoms with Gasteiger partial charge in [-0.15, -0.1) is 22.7 Å². The maximum atomic E-state index is 13.9. The highest BCUT2D eigenvalue weighted by molar-refractivity contribution is 7.09. The Hall–Kier alpha value is -4.55. The first-order chi connectivity index (χ1) is 23.6. The van der Waals surface area contributed by atoms with E-state index in [-0.39, 0.29) is 31.1 Å². The van der Waals surface area contributed by atoms with Crippen LogP contribution in [0.25, 0.3) is 0 Å². The van der Waals surface area contributed by atoms with Gasteiger partial charge in [0.25, 0.3) is 0 Å². The average Bonchev–Trinajstić information content (AvgIpc) is 3.79. The highest BCUT2D eigenvalue weighted by Crippen LogP contribution is 2.20. The molecule has 0 unspecified atom stereocenters. The summed E-state index contributed by atoms with van der Waals surface area (Å²) in [6, 6.07) is 18.1. The highest BCUT2D eigenvalue weighted by atomic mass is 32.1. The van der Waals surface area contributed by atoms with Gasteiger partial charge in [0.1, 0.15) is 12.6 Å². The number of rotatable bonds is 17. The van der Waals surface area contributed by atoms with Crippen LogP contribution in [0.5, 0.6) is 0 Å². The smallest absolute Gasteiger partial charge is 0.407 e. The van der Waals surface area contributed by atoms with Gasteiger partial charge in [-0.05, 0) is 49.3 Å². The van der Waals surface area contributed by atoms with Crippen molar-refractivity contribution in [3.63, 3.8) is 0 Å². The van der Waals surface area contributed by atoms with Crippen molar-refractivity contribution in [3.05, 3.63) is 117 Å². The third-order valence-electron chi connectivity index (χ3n) is 7.92. The Bertz CT molecular complexity index is 1630. The number of carbonyl (C=O) groups excluding carboxylic acids is 3. The molecule has 0 spiro atoms. The van der Waals surface area contributed by atoms with Crippen molar-refractivity contribution in [2.45, 2.75) is 83.6 Å². The van der Waals surface area contributed by atoms with Gasteiger partial charge in [-0.3, -0.25) is 9.78 Å². The molecule has 3 atom stereocenters. The van der Waals surface area contributed by atoms with E-state index in [1.807, 2.05) is 66.0 Å². The molecule has 0 aliphatic heterocycles. The monoisotopic (exact) mass is 702 g/mol. The second-order valence-corrected chi connectivity index (χ2v) is 14.3. The number of hydrogen-bond donors (Lipinski definition) is 3. The normalized spacial score (nSPS) is 12.8. The summed E-state index contributed by atoms with van der Waals surface area (Å²) in [7, 11) is 1.60. The van der Waals surface area contributed by atoms with Gasteiger partial charge in [0, 0.05) is 36.6 Å². The van der Waals surface area contributed by atoms with Crippen molar-refractivity contribution in [2.24, 2.45) is 0 Å². The van der Waals surface area contributed by atoms with Gasteiger partial charge >= 0.3 is 12.1 Å². The van der Waals surface area contributed by atoms with Gasteiger partial charge in [-0.2, -0.15) is 0 Å². The summed E-state index contributed by atoms with van der Waals surface area (Å²) in [4.78, 5) is 50.8. The van der Waals surface area contributed by atoms with Gasteiger partial charge in [-0.1, -0.05) is 81.1 Å². The molecule has 10 nitrogen and oxygen atoms in total. The van der Waals surface area contributed by atoms with Crippen molar-refractivity contribution in [1.29, 1.82) is 0 Å². The van der Waals surface area contributed by atoms with Gasteiger partial charge in [0.15, 0.2) is 0 Å². The van der Waals surface area contributed by atoms with Crippen LogP contribution < -0.4 is 16.0 Å². The summed E-state index contributed by atoms with van der Waals surface area (Å²) in [6.07, 6.45) is 3.47. The number of likely N-dealkylation sites (N-methyl/N-ethyl adjacent to an activating group) is 1. The molecule has 0 bridgehead atoms. The molecule has 2 aromatic heterocycles. The number of urea groups is 1. The quantitative estimate of drug-likeness (QED) is 0.103. The minimum Gasteiger partial charge on any atom is -0.444 e. The van der Waals surface area contributed by atoms with Crippen molar-refractivity contribution in [3.8, 4) is 0 Å². The molecule has 4 aromatic rings. The van der Waals surface area contributed by atoms with Crippen molar-refractivity contribution in [1.82, 2.24) is 30.8 Å². The minimum absolute atomic E-state index is 0.146. The summed E-state index contributed by atoms with van der Waals surface area (Å²) >= 11 is 2.99. The molecule has 4 rings (SSSR count). The number of nitrogens with one attached hydrogen (secondary N) is 3. The zero-order valence-corrected chi connectivity index (χ0v) is 30.2. The summed E-state index contributed by atoms with van der Waals surface area (Å²) in [5, 5.41) is 12.1. The molecule has 0 radical (unpaired) electrons. The predicted octanol–water partition coefficient (Wildman–Crippen LogP) is 6.85. The molecule has 3 N–H and O–H groups in total. The number of alkyl carbamates (subject to hydrolysis) is 1. The number of amides is 4. The summed E-state index contributed by atoms with van der Waals surface area (Å²) in [5.41, 5.74) is 5.15. The summed E-state index contributed by atoms with van der Waals surface area (Å²) in [5.74, 6) is -0.0109. The third kappa shape index (κ3) is 12.1. The van der Waals surface area contributed by atoms with E-state index in [9.17, 15) is 14.4 Å². The molecule has 49 heavy (non-hydrogen) atoms. The van der Waals surface area contributed by atoms with E-state index in [0.717, 1.165) is 26.7 Å². The number of hydrogen-bond acceptors (Lipinski definition) is 8. The first-order valence-corrected chi connectivity index (χ1v) is 18.1. The van der Waals surface area contributed by atoms with E-state index >= 15 is 0 Å². The molecule has 2 aromatic carbocycles. The van der Waals surface area contributed by atoms with E-state index in [2.05, 4.69) is 46.3 Å². The molecule has 0 aliphatic carbocycles. The lowest BCUT2D eigenvalue weighted by Crippen LogP contribution is -2.53. The van der Waals surface area contributed by atoms with Crippen LogP contribution in [0.4, 0.5) is 9.59 Å². The largest absolute Gasteiger partial charge is 0.444 e. The van der Waals surface area contributed by atoms with E-state index in [1.165, 1.54) is 16.2 Å². The Morgan fingerprint density at radius 2 is 1.53 bits per heavy atom. The molecule has 4 amide bonds. The number of carbonyl (C=O) groups is 3. The molecule has 0 aliphatic rings. The Kier molecular flexibility index (Phi) is 14.3. The first kappa shape index (κ1) is 37.3. The highest BCUT2D eigenvalue weighted by Gasteiger charge is 2.30. The number of benzene rings is 2. The third-order valence-corrected chi connectivity index (χ3v) is 9.86. The number of nitrogens with zero attached hydrogens (tertiary/aromatic N) is 3. The number of ether oxygens (including phenoxy) is 1. The van der Waals surface area contributed by atoms with Gasteiger partial charge in [0.05, 0.1) is 27.6 Å². The Balaban J connectivity index is 1.44. The predicted molar refractivity (Wildman–Crippen MR) is 195 cm³/mol. The van der Waals surface area contributed by atoms with Crippen molar-refractivity contribution >= 4 is 40.7 Å². The molecule has 0 saturated carbocycles. The lowest BCUT2D eigenvalue weighted by molar-refractivity contribution is -0.124.